The fourth-order valence-corrected chi connectivity index (χ4v) is 3.15. The van der Waals surface area contributed by atoms with Crippen LogP contribution in [0, 0.1) is 6.92 Å². The third-order valence-corrected chi connectivity index (χ3v) is 4.40. The third kappa shape index (κ3) is 3.76. The van der Waals surface area contributed by atoms with Crippen LogP contribution in [0.3, 0.4) is 0 Å². The number of aryl methyl sites for hydroxylation is 1. The van der Waals surface area contributed by atoms with Gasteiger partial charge < -0.3 is 14.5 Å². The Hall–Kier alpha value is -1.63. The van der Waals surface area contributed by atoms with Gasteiger partial charge in [0.05, 0.1) is 11.2 Å². The van der Waals surface area contributed by atoms with Crippen LogP contribution in [0.25, 0.3) is 0 Å². The van der Waals surface area contributed by atoms with Crippen molar-refractivity contribution in [1.29, 1.82) is 0 Å². The molecule has 1 saturated heterocycles. The minimum atomic E-state index is -0.507. The van der Waals surface area contributed by atoms with Crippen LogP contribution in [0.1, 0.15) is 43.1 Å². The Labute approximate surface area is 135 Å². The molecule has 6 nitrogen and oxygen atoms in total. The average molecular weight is 325 g/mol. The van der Waals surface area contributed by atoms with E-state index in [1.807, 2.05) is 34.6 Å². The largest absolute Gasteiger partial charge is 0.444 e. The Morgan fingerprint density at radius 2 is 2.05 bits per heavy atom. The van der Waals surface area contributed by atoms with Gasteiger partial charge in [0.25, 0.3) is 5.91 Å². The number of nitrogens with zero attached hydrogens (tertiary/aromatic N) is 3. The lowest BCUT2D eigenvalue weighted by Crippen LogP contribution is -2.56. The van der Waals surface area contributed by atoms with E-state index in [9.17, 15) is 9.59 Å². The normalized spacial score (nSPS) is 19.2. The predicted molar refractivity (Wildman–Crippen MR) is 85.2 cm³/mol. The first-order chi connectivity index (χ1) is 10.2. The van der Waals surface area contributed by atoms with Gasteiger partial charge in [-0.3, -0.25) is 4.79 Å². The lowest BCUT2D eigenvalue weighted by molar-refractivity contribution is 0.00624. The van der Waals surface area contributed by atoms with E-state index >= 15 is 0 Å². The molecule has 0 radical (unpaired) electrons. The summed E-state index contributed by atoms with van der Waals surface area (Å²) in [7, 11) is 0. The zero-order chi connectivity index (χ0) is 16.5. The molecule has 1 aromatic heterocycles. The zero-order valence-corrected chi connectivity index (χ0v) is 14.6. The molecule has 1 aromatic rings. The van der Waals surface area contributed by atoms with Gasteiger partial charge in [0.1, 0.15) is 10.5 Å². The maximum Gasteiger partial charge on any atom is 0.410 e. The first-order valence-corrected chi connectivity index (χ1v) is 8.26. The maximum absolute atomic E-state index is 12.6. The second-order valence-electron chi connectivity index (χ2n) is 6.54. The lowest BCUT2D eigenvalue weighted by Gasteiger charge is -2.40. The minimum Gasteiger partial charge on any atom is -0.444 e. The number of hydrogen-bond acceptors (Lipinski definition) is 5. The van der Waals surface area contributed by atoms with Crippen molar-refractivity contribution in [3.63, 3.8) is 0 Å². The third-order valence-electron chi connectivity index (χ3n) is 3.48. The summed E-state index contributed by atoms with van der Waals surface area (Å²) in [5, 5.41) is 0. The van der Waals surface area contributed by atoms with Crippen molar-refractivity contribution >= 4 is 23.3 Å². The fraction of sp³-hybridized carbons (Fsp3) is 0.667. The van der Waals surface area contributed by atoms with Crippen molar-refractivity contribution < 1.29 is 14.3 Å². The van der Waals surface area contributed by atoms with E-state index in [0.717, 1.165) is 5.69 Å². The molecule has 0 aromatic carbocycles. The lowest BCUT2D eigenvalue weighted by atomic mass is 10.1. The van der Waals surface area contributed by atoms with Crippen molar-refractivity contribution in [2.24, 2.45) is 0 Å². The smallest absolute Gasteiger partial charge is 0.410 e. The number of rotatable bonds is 1. The van der Waals surface area contributed by atoms with Crippen LogP contribution in [0.15, 0.2) is 5.51 Å². The number of amides is 2. The molecule has 1 unspecified atom stereocenters. The number of ether oxygens (including phenoxy) is 1. The maximum atomic E-state index is 12.6. The van der Waals surface area contributed by atoms with E-state index in [2.05, 4.69) is 4.98 Å². The molecule has 0 aliphatic carbocycles. The molecule has 0 saturated carbocycles. The highest BCUT2D eigenvalue weighted by molar-refractivity contribution is 7.11. The molecule has 2 rings (SSSR count). The van der Waals surface area contributed by atoms with E-state index in [1.165, 1.54) is 11.3 Å². The number of carbonyl (C=O) groups is 2. The van der Waals surface area contributed by atoms with Crippen LogP contribution in [0.2, 0.25) is 0 Å². The summed E-state index contributed by atoms with van der Waals surface area (Å²) < 4.78 is 5.39. The van der Waals surface area contributed by atoms with Crippen LogP contribution in [0.4, 0.5) is 4.79 Å². The Kier molecular flexibility index (Phi) is 4.75. The van der Waals surface area contributed by atoms with Gasteiger partial charge in [-0.15, -0.1) is 11.3 Å². The summed E-state index contributed by atoms with van der Waals surface area (Å²) >= 11 is 1.36. The fourth-order valence-electron chi connectivity index (χ4n) is 2.39. The summed E-state index contributed by atoms with van der Waals surface area (Å²) in [5.41, 5.74) is 1.94. The van der Waals surface area contributed by atoms with Gasteiger partial charge in [0.15, 0.2) is 0 Å². The van der Waals surface area contributed by atoms with Crippen molar-refractivity contribution in [2.45, 2.75) is 46.3 Å². The van der Waals surface area contributed by atoms with Gasteiger partial charge in [0, 0.05) is 25.7 Å². The summed E-state index contributed by atoms with van der Waals surface area (Å²) in [4.78, 5) is 32.9. The summed E-state index contributed by atoms with van der Waals surface area (Å²) in [6.45, 7) is 10.8. The number of piperazine rings is 1. The molecule has 1 aliphatic rings. The predicted octanol–water partition coefficient (Wildman–Crippen LogP) is 2.53. The summed E-state index contributed by atoms with van der Waals surface area (Å²) in [6, 6.07) is -0.0460. The SMILES string of the molecule is Cc1ncsc1C(=O)N1CCN(C(=O)OC(C)(C)C)CC1C. The highest BCUT2D eigenvalue weighted by Gasteiger charge is 2.33. The molecule has 2 heterocycles. The molecule has 0 N–H and O–H groups in total. The highest BCUT2D eigenvalue weighted by atomic mass is 32.1. The number of hydrogen-bond donors (Lipinski definition) is 0. The van der Waals surface area contributed by atoms with E-state index in [0.29, 0.717) is 24.5 Å². The molecular formula is C15H23N3O3S. The molecule has 1 fully saturated rings. The minimum absolute atomic E-state index is 0.00339. The van der Waals surface area contributed by atoms with Crippen LogP contribution in [-0.2, 0) is 4.74 Å². The Bertz CT molecular complexity index is 565. The summed E-state index contributed by atoms with van der Waals surface area (Å²) in [6.07, 6.45) is -0.319. The second-order valence-corrected chi connectivity index (χ2v) is 7.40. The molecule has 0 bridgehead atoms. The molecule has 1 atom stereocenters. The topological polar surface area (TPSA) is 62.7 Å². The molecule has 1 aliphatic heterocycles. The average Bonchev–Trinajstić information content (AvgIpc) is 2.82. The highest BCUT2D eigenvalue weighted by Crippen LogP contribution is 2.20. The quantitative estimate of drug-likeness (QED) is 0.796. The summed E-state index contributed by atoms with van der Waals surface area (Å²) in [5.74, 6) is -0.00339. The van der Waals surface area contributed by atoms with Crippen molar-refractivity contribution in [3.05, 3.63) is 16.1 Å². The van der Waals surface area contributed by atoms with E-state index in [1.54, 1.807) is 15.3 Å². The van der Waals surface area contributed by atoms with Crippen LogP contribution >= 0.6 is 11.3 Å². The Balaban J connectivity index is 2.00. The standard InChI is InChI=1S/C15H23N3O3S/c1-10-8-17(14(20)21-15(3,4)5)6-7-18(10)13(19)12-11(2)16-9-22-12/h9-10H,6-8H2,1-5H3. The van der Waals surface area contributed by atoms with E-state index in [4.69, 9.17) is 4.74 Å². The number of aromatic nitrogens is 1. The van der Waals surface area contributed by atoms with Gasteiger partial charge >= 0.3 is 6.09 Å². The molecule has 0 spiro atoms. The molecule has 22 heavy (non-hydrogen) atoms. The molecule has 122 valence electrons. The monoisotopic (exact) mass is 325 g/mol. The molecular weight excluding hydrogens is 302 g/mol. The molecule has 2 amide bonds. The first kappa shape index (κ1) is 16.7. The molecule has 7 heteroatoms. The van der Waals surface area contributed by atoms with Crippen LogP contribution in [0.5, 0.6) is 0 Å². The van der Waals surface area contributed by atoms with E-state index in [-0.39, 0.29) is 18.0 Å². The van der Waals surface area contributed by atoms with Crippen molar-refractivity contribution in [2.75, 3.05) is 19.6 Å². The number of thiazole rings is 1. The van der Waals surface area contributed by atoms with Crippen LogP contribution in [-0.4, -0.2) is 58.1 Å². The van der Waals surface area contributed by atoms with Crippen molar-refractivity contribution in [3.8, 4) is 0 Å². The van der Waals surface area contributed by atoms with Crippen LogP contribution < -0.4 is 0 Å². The first-order valence-electron chi connectivity index (χ1n) is 7.38. The van der Waals surface area contributed by atoms with Crippen molar-refractivity contribution in [1.82, 2.24) is 14.8 Å². The van der Waals surface area contributed by atoms with Gasteiger partial charge in [-0.25, -0.2) is 9.78 Å². The Morgan fingerprint density at radius 1 is 1.36 bits per heavy atom. The van der Waals surface area contributed by atoms with Gasteiger partial charge in [-0.1, -0.05) is 0 Å². The zero-order valence-electron chi connectivity index (χ0n) is 13.8. The second kappa shape index (κ2) is 6.24. The Morgan fingerprint density at radius 3 is 2.55 bits per heavy atom. The van der Waals surface area contributed by atoms with Gasteiger partial charge in [-0.2, -0.15) is 0 Å². The van der Waals surface area contributed by atoms with Gasteiger partial charge in [0.2, 0.25) is 0 Å². The van der Waals surface area contributed by atoms with Gasteiger partial charge in [-0.05, 0) is 34.6 Å². The van der Waals surface area contributed by atoms with E-state index < -0.39 is 5.60 Å². The number of carbonyl (C=O) groups excluding carboxylic acids is 2.